The van der Waals surface area contributed by atoms with Crippen LogP contribution in [0.2, 0.25) is 0 Å². The van der Waals surface area contributed by atoms with E-state index in [9.17, 15) is 14.9 Å². The van der Waals surface area contributed by atoms with Gasteiger partial charge in [-0.2, -0.15) is 0 Å². The third kappa shape index (κ3) is 3.23. The summed E-state index contributed by atoms with van der Waals surface area (Å²) in [6, 6.07) is 11.6. The van der Waals surface area contributed by atoms with Gasteiger partial charge < -0.3 is 9.72 Å². The Labute approximate surface area is 141 Å². The van der Waals surface area contributed by atoms with Crippen molar-refractivity contribution in [3.63, 3.8) is 0 Å². The molecule has 0 unspecified atom stereocenters. The van der Waals surface area contributed by atoms with E-state index >= 15 is 0 Å². The number of methoxy groups -OCH3 is 1. The smallest absolute Gasteiger partial charge is 0.340 e. The first-order valence-corrected chi connectivity index (χ1v) is 8.00. The molecule has 2 aromatic carbocycles. The molecule has 1 aromatic heterocycles. The molecule has 0 aliphatic rings. The van der Waals surface area contributed by atoms with E-state index in [1.807, 2.05) is 6.07 Å². The highest BCUT2D eigenvalue weighted by Crippen LogP contribution is 2.25. The standard InChI is InChI=1S/C16H13N3O4S/c1-23-15(20)12-3-2-4-13-14(12)18-16(17-13)24-9-10-5-7-11(8-6-10)19(21)22/h2-8H,9H2,1H3,(H,17,18). The molecule has 0 fully saturated rings. The van der Waals surface area contributed by atoms with E-state index < -0.39 is 10.9 Å². The minimum atomic E-state index is -0.431. The lowest BCUT2D eigenvalue weighted by molar-refractivity contribution is -0.384. The SMILES string of the molecule is COC(=O)c1cccc2[nH]c(SCc3ccc([N+](=O)[O-])cc3)nc12. The fourth-order valence-electron chi connectivity index (χ4n) is 2.22. The Morgan fingerprint density at radius 3 is 2.71 bits per heavy atom. The number of carbonyl (C=O) groups is 1. The van der Waals surface area contributed by atoms with Gasteiger partial charge >= 0.3 is 5.97 Å². The summed E-state index contributed by atoms with van der Waals surface area (Å²) in [4.78, 5) is 29.6. The second-order valence-electron chi connectivity index (χ2n) is 4.95. The number of imidazole rings is 1. The van der Waals surface area contributed by atoms with Gasteiger partial charge in [0, 0.05) is 17.9 Å². The molecule has 0 aliphatic carbocycles. The maximum atomic E-state index is 11.8. The van der Waals surface area contributed by atoms with Gasteiger partial charge in [0.05, 0.1) is 23.1 Å². The van der Waals surface area contributed by atoms with E-state index in [4.69, 9.17) is 4.74 Å². The Hall–Kier alpha value is -2.87. The maximum Gasteiger partial charge on any atom is 0.340 e. The molecular weight excluding hydrogens is 330 g/mol. The highest BCUT2D eigenvalue weighted by atomic mass is 32.2. The molecule has 0 aliphatic heterocycles. The molecule has 3 rings (SSSR count). The first-order valence-electron chi connectivity index (χ1n) is 7.01. The van der Waals surface area contributed by atoms with Crippen molar-refractivity contribution >= 4 is 34.5 Å². The fourth-order valence-corrected chi connectivity index (χ4v) is 3.05. The number of aromatic nitrogens is 2. The molecule has 24 heavy (non-hydrogen) atoms. The number of benzene rings is 2. The highest BCUT2D eigenvalue weighted by Gasteiger charge is 2.14. The number of non-ortho nitro benzene ring substituents is 1. The second kappa shape index (κ2) is 6.71. The molecular formula is C16H13N3O4S. The average Bonchev–Trinajstić information content (AvgIpc) is 3.02. The number of esters is 1. The largest absolute Gasteiger partial charge is 0.465 e. The van der Waals surface area contributed by atoms with Crippen LogP contribution in [0.25, 0.3) is 11.0 Å². The first kappa shape index (κ1) is 16.0. The van der Waals surface area contributed by atoms with E-state index in [0.717, 1.165) is 11.1 Å². The number of nitro groups is 1. The lowest BCUT2D eigenvalue weighted by Gasteiger charge is -1.99. The normalized spacial score (nSPS) is 10.7. The number of hydrogen-bond donors (Lipinski definition) is 1. The van der Waals surface area contributed by atoms with Crippen LogP contribution in [0, 0.1) is 10.1 Å². The molecule has 3 aromatic rings. The molecule has 0 amide bonds. The van der Waals surface area contributed by atoms with Crippen LogP contribution in [0.3, 0.4) is 0 Å². The Balaban J connectivity index is 1.78. The van der Waals surface area contributed by atoms with Crippen molar-refractivity contribution in [2.24, 2.45) is 0 Å². The first-order chi connectivity index (χ1) is 11.6. The van der Waals surface area contributed by atoms with Crippen LogP contribution in [-0.2, 0) is 10.5 Å². The molecule has 0 spiro atoms. The molecule has 0 bridgehead atoms. The Morgan fingerprint density at radius 2 is 2.04 bits per heavy atom. The lowest BCUT2D eigenvalue weighted by atomic mass is 10.2. The number of para-hydroxylation sites is 1. The topological polar surface area (TPSA) is 98.1 Å². The molecule has 0 saturated carbocycles. The third-order valence-electron chi connectivity index (χ3n) is 3.42. The van der Waals surface area contributed by atoms with Crippen molar-refractivity contribution in [3.05, 3.63) is 63.7 Å². The number of rotatable bonds is 5. The maximum absolute atomic E-state index is 11.8. The van der Waals surface area contributed by atoms with Gasteiger partial charge in [-0.3, -0.25) is 10.1 Å². The zero-order chi connectivity index (χ0) is 17.1. The van der Waals surface area contributed by atoms with Gasteiger partial charge in [-0.05, 0) is 17.7 Å². The number of ether oxygens (including phenoxy) is 1. The number of fused-ring (bicyclic) bond motifs is 1. The van der Waals surface area contributed by atoms with Gasteiger partial charge in [0.1, 0.15) is 5.52 Å². The molecule has 7 nitrogen and oxygen atoms in total. The van der Waals surface area contributed by atoms with Crippen LogP contribution in [0.1, 0.15) is 15.9 Å². The lowest BCUT2D eigenvalue weighted by Crippen LogP contribution is -2.01. The molecule has 0 radical (unpaired) electrons. The number of nitrogens with zero attached hydrogens (tertiary/aromatic N) is 2. The Morgan fingerprint density at radius 1 is 1.29 bits per heavy atom. The van der Waals surface area contributed by atoms with Gasteiger partial charge in [0.15, 0.2) is 5.16 Å². The molecule has 1 N–H and O–H groups in total. The minimum absolute atomic E-state index is 0.0650. The van der Waals surface area contributed by atoms with Crippen molar-refractivity contribution in [1.29, 1.82) is 0 Å². The van der Waals surface area contributed by atoms with E-state index in [2.05, 4.69) is 9.97 Å². The molecule has 122 valence electrons. The molecule has 8 heteroatoms. The van der Waals surface area contributed by atoms with Crippen LogP contribution in [-0.4, -0.2) is 28.0 Å². The summed E-state index contributed by atoms with van der Waals surface area (Å²) >= 11 is 1.45. The van der Waals surface area contributed by atoms with Crippen molar-refractivity contribution in [1.82, 2.24) is 9.97 Å². The van der Waals surface area contributed by atoms with Gasteiger partial charge in [-0.15, -0.1) is 0 Å². The fraction of sp³-hybridized carbons (Fsp3) is 0.125. The van der Waals surface area contributed by atoms with E-state index in [-0.39, 0.29) is 5.69 Å². The summed E-state index contributed by atoms with van der Waals surface area (Å²) in [5, 5.41) is 11.3. The predicted molar refractivity (Wildman–Crippen MR) is 90.1 cm³/mol. The number of thioether (sulfide) groups is 1. The summed E-state index contributed by atoms with van der Waals surface area (Å²) in [5.41, 5.74) is 2.74. The minimum Gasteiger partial charge on any atom is -0.465 e. The average molecular weight is 343 g/mol. The molecule has 0 atom stereocenters. The monoisotopic (exact) mass is 343 g/mol. The van der Waals surface area contributed by atoms with Crippen LogP contribution < -0.4 is 0 Å². The van der Waals surface area contributed by atoms with E-state index in [1.54, 1.807) is 24.3 Å². The van der Waals surface area contributed by atoms with Gasteiger partial charge in [-0.25, -0.2) is 9.78 Å². The molecule has 1 heterocycles. The van der Waals surface area contributed by atoms with Crippen LogP contribution in [0.15, 0.2) is 47.6 Å². The van der Waals surface area contributed by atoms with E-state index in [0.29, 0.717) is 22.0 Å². The highest BCUT2D eigenvalue weighted by molar-refractivity contribution is 7.98. The van der Waals surface area contributed by atoms with Crippen LogP contribution in [0.5, 0.6) is 0 Å². The number of nitrogens with one attached hydrogen (secondary N) is 1. The number of carbonyl (C=O) groups excluding carboxylic acids is 1. The van der Waals surface area contributed by atoms with Crippen molar-refractivity contribution in [2.45, 2.75) is 10.9 Å². The second-order valence-corrected chi connectivity index (χ2v) is 5.91. The summed E-state index contributed by atoms with van der Waals surface area (Å²) in [6.07, 6.45) is 0. The van der Waals surface area contributed by atoms with Gasteiger partial charge in [-0.1, -0.05) is 30.0 Å². The van der Waals surface area contributed by atoms with E-state index in [1.165, 1.54) is 31.0 Å². The number of H-pyrrole nitrogens is 1. The Bertz CT molecular complexity index is 905. The zero-order valence-electron chi connectivity index (χ0n) is 12.7. The Kier molecular flexibility index (Phi) is 4.48. The van der Waals surface area contributed by atoms with Crippen molar-refractivity contribution in [2.75, 3.05) is 7.11 Å². The third-order valence-corrected chi connectivity index (χ3v) is 4.36. The van der Waals surface area contributed by atoms with Crippen molar-refractivity contribution in [3.8, 4) is 0 Å². The number of nitro benzene ring substituents is 1. The summed E-state index contributed by atoms with van der Waals surface area (Å²) < 4.78 is 4.76. The molecule has 0 saturated heterocycles. The summed E-state index contributed by atoms with van der Waals surface area (Å²) in [5.74, 6) is 0.171. The van der Waals surface area contributed by atoms with Crippen molar-refractivity contribution < 1.29 is 14.5 Å². The van der Waals surface area contributed by atoms with Crippen LogP contribution in [0.4, 0.5) is 5.69 Å². The predicted octanol–water partition coefficient (Wildman–Crippen LogP) is 3.55. The summed E-state index contributed by atoms with van der Waals surface area (Å²) in [7, 11) is 1.33. The van der Waals surface area contributed by atoms with Gasteiger partial charge in [0.2, 0.25) is 0 Å². The quantitative estimate of drug-likeness (QED) is 0.329. The number of hydrogen-bond acceptors (Lipinski definition) is 6. The van der Waals surface area contributed by atoms with Gasteiger partial charge in [0.25, 0.3) is 5.69 Å². The van der Waals surface area contributed by atoms with Crippen LogP contribution >= 0.6 is 11.8 Å². The summed E-state index contributed by atoms with van der Waals surface area (Å²) in [6.45, 7) is 0. The number of aromatic amines is 1. The zero-order valence-corrected chi connectivity index (χ0v) is 13.5.